The molecule has 2 aromatic carbocycles. The van der Waals surface area contributed by atoms with Crippen LogP contribution in [0.5, 0.6) is 0 Å². The Labute approximate surface area is 318 Å². The molecule has 0 unspecified atom stereocenters. The second kappa shape index (κ2) is 19.0. The zero-order chi connectivity index (χ0) is 37.9. The molecule has 0 bridgehead atoms. The highest BCUT2D eigenvalue weighted by Crippen LogP contribution is 2.48. The fourth-order valence-corrected chi connectivity index (χ4v) is 7.37. The Bertz CT molecular complexity index is 2080. The number of aryl methyl sites for hydroxylation is 1. The summed E-state index contributed by atoms with van der Waals surface area (Å²) >= 11 is 1.67. The van der Waals surface area contributed by atoms with E-state index in [0.717, 1.165) is 37.9 Å². The lowest BCUT2D eigenvalue weighted by molar-refractivity contribution is -0.133. The number of rotatable bonds is 20. The zero-order valence-corrected chi connectivity index (χ0v) is 31.5. The molecule has 3 aromatic heterocycles. The highest BCUT2D eigenvalue weighted by molar-refractivity contribution is 7.99. The van der Waals surface area contributed by atoms with Gasteiger partial charge in [-0.05, 0) is 60.0 Å². The highest BCUT2D eigenvalue weighted by Gasteiger charge is 2.23. The van der Waals surface area contributed by atoms with Crippen molar-refractivity contribution in [3.63, 3.8) is 0 Å². The number of nitrogens with two attached hydrogens (primary N) is 2. The number of ether oxygens (including phenoxy) is 4. The van der Waals surface area contributed by atoms with Crippen LogP contribution in [0.1, 0.15) is 28.9 Å². The largest absolute Gasteiger partial charge is 0.382 e. The topological polar surface area (TPSA) is 189 Å². The number of benzene rings is 2. The summed E-state index contributed by atoms with van der Waals surface area (Å²) in [6, 6.07) is 16.4. The van der Waals surface area contributed by atoms with E-state index in [4.69, 9.17) is 30.4 Å². The number of carbonyl (C=O) groups excluding carboxylic acids is 1. The van der Waals surface area contributed by atoms with E-state index in [1.807, 2.05) is 30.1 Å². The maximum absolute atomic E-state index is 13.6. The molecular weight excluding hydrogens is 711 g/mol. The van der Waals surface area contributed by atoms with Crippen LogP contribution in [0.15, 0.2) is 75.5 Å². The average molecular weight is 758 g/mol. The van der Waals surface area contributed by atoms with Crippen molar-refractivity contribution in [2.24, 2.45) is 5.73 Å². The minimum absolute atomic E-state index is 0.00907. The number of fused-ring (bicyclic) bond motifs is 3. The Hall–Kier alpha value is -4.84. The molecule has 0 aliphatic carbocycles. The van der Waals surface area contributed by atoms with Gasteiger partial charge in [-0.2, -0.15) is 0 Å². The number of hydrogen-bond acceptors (Lipinski definition) is 13. The summed E-state index contributed by atoms with van der Waals surface area (Å²) in [5.74, 6) is 0.737. The summed E-state index contributed by atoms with van der Waals surface area (Å²) in [6.45, 7) is 7.00. The van der Waals surface area contributed by atoms with Crippen molar-refractivity contribution in [2.75, 3.05) is 77.1 Å². The van der Waals surface area contributed by atoms with E-state index in [9.17, 15) is 9.59 Å². The molecule has 5 aromatic rings. The summed E-state index contributed by atoms with van der Waals surface area (Å²) in [5.41, 5.74) is 17.2. The predicted octanol–water partition coefficient (Wildman–Crippen LogP) is 3.63. The number of aromatic amines is 1. The second-order valence-corrected chi connectivity index (χ2v) is 13.8. The van der Waals surface area contributed by atoms with Crippen LogP contribution in [0.2, 0.25) is 0 Å². The summed E-state index contributed by atoms with van der Waals surface area (Å²) in [6.07, 6.45) is 3.71. The molecular formula is C38H47N9O6S. The molecule has 54 heavy (non-hydrogen) atoms. The molecule has 0 atom stereocenters. The first-order valence-electron chi connectivity index (χ1n) is 17.9. The van der Waals surface area contributed by atoms with Gasteiger partial charge < -0.3 is 45.2 Å². The van der Waals surface area contributed by atoms with E-state index >= 15 is 0 Å². The molecule has 286 valence electrons. The molecule has 6 rings (SSSR count). The normalized spacial score (nSPS) is 12.2. The van der Waals surface area contributed by atoms with Crippen molar-refractivity contribution in [3.8, 4) is 0 Å². The Morgan fingerprint density at radius 1 is 0.815 bits per heavy atom. The molecule has 15 nitrogen and oxygen atoms in total. The number of H-pyrrole nitrogens is 1. The summed E-state index contributed by atoms with van der Waals surface area (Å²) < 4.78 is 23.6. The quantitative estimate of drug-likeness (QED) is 0.0978. The molecule has 0 spiro atoms. The van der Waals surface area contributed by atoms with Crippen molar-refractivity contribution in [1.82, 2.24) is 29.4 Å². The van der Waals surface area contributed by atoms with E-state index < -0.39 is 0 Å². The third-order valence-corrected chi connectivity index (χ3v) is 9.88. The number of anilines is 3. The van der Waals surface area contributed by atoms with Gasteiger partial charge >= 0.3 is 5.69 Å². The van der Waals surface area contributed by atoms with Gasteiger partial charge in [0.05, 0.1) is 77.2 Å². The molecule has 0 fully saturated rings. The number of pyridine rings is 1. The van der Waals surface area contributed by atoms with Crippen LogP contribution in [0.4, 0.5) is 17.2 Å². The van der Waals surface area contributed by atoms with Gasteiger partial charge in [0.2, 0.25) is 5.91 Å². The summed E-state index contributed by atoms with van der Waals surface area (Å²) in [7, 11) is 2.04. The molecule has 5 N–H and O–H groups in total. The number of nitrogen functional groups attached to an aromatic ring is 1. The van der Waals surface area contributed by atoms with Gasteiger partial charge in [-0.25, -0.2) is 14.8 Å². The number of imidazole rings is 1. The first-order valence-corrected chi connectivity index (χ1v) is 18.7. The van der Waals surface area contributed by atoms with Gasteiger partial charge in [0.15, 0.2) is 11.5 Å². The van der Waals surface area contributed by atoms with Crippen LogP contribution in [0.3, 0.4) is 0 Å². The lowest BCUT2D eigenvalue weighted by Crippen LogP contribution is -2.31. The first kappa shape index (κ1) is 38.9. The third kappa shape index (κ3) is 10.0. The Morgan fingerprint density at radius 3 is 2.07 bits per heavy atom. The van der Waals surface area contributed by atoms with Crippen molar-refractivity contribution in [1.29, 1.82) is 0 Å². The molecule has 1 aliphatic heterocycles. The summed E-state index contributed by atoms with van der Waals surface area (Å²) in [4.78, 5) is 48.2. The van der Waals surface area contributed by atoms with Crippen LogP contribution < -0.4 is 22.1 Å². The third-order valence-electron chi connectivity index (χ3n) is 8.78. The fraction of sp³-hybridized carbons (Fsp3) is 0.395. The van der Waals surface area contributed by atoms with Gasteiger partial charge in [0.25, 0.3) is 0 Å². The van der Waals surface area contributed by atoms with Gasteiger partial charge in [-0.15, -0.1) is 0 Å². The average Bonchev–Trinajstić information content (AvgIpc) is 3.47. The fourth-order valence-electron chi connectivity index (χ4n) is 6.10. The second-order valence-electron chi connectivity index (χ2n) is 12.7. The van der Waals surface area contributed by atoms with E-state index in [1.165, 1.54) is 0 Å². The number of amides is 1. The maximum Gasteiger partial charge on any atom is 0.328 e. The van der Waals surface area contributed by atoms with Crippen LogP contribution in [0.25, 0.3) is 11.2 Å². The van der Waals surface area contributed by atoms with Crippen LogP contribution in [0, 0.1) is 6.92 Å². The Balaban J connectivity index is 1.07. The van der Waals surface area contributed by atoms with Crippen molar-refractivity contribution >= 4 is 46.0 Å². The number of nitrogens with zero attached hydrogens (tertiary/aromatic N) is 6. The van der Waals surface area contributed by atoms with Crippen LogP contribution >= 0.6 is 11.8 Å². The first-order chi connectivity index (χ1) is 26.3. The smallest absolute Gasteiger partial charge is 0.328 e. The molecule has 1 aliphatic rings. The van der Waals surface area contributed by atoms with Crippen LogP contribution in [-0.2, 0) is 43.4 Å². The Morgan fingerprint density at radius 2 is 1.41 bits per heavy atom. The van der Waals surface area contributed by atoms with E-state index in [0.29, 0.717) is 96.0 Å². The summed E-state index contributed by atoms with van der Waals surface area (Å²) in [5, 5.41) is 0. The molecule has 0 saturated heterocycles. The van der Waals surface area contributed by atoms with Crippen molar-refractivity contribution < 1.29 is 23.7 Å². The number of aromatic nitrogens is 5. The number of carbonyl (C=O) groups is 1. The highest BCUT2D eigenvalue weighted by atomic mass is 32.2. The Kier molecular flexibility index (Phi) is 13.6. The van der Waals surface area contributed by atoms with Gasteiger partial charge in [0, 0.05) is 48.9 Å². The number of hydrogen-bond donors (Lipinski definition) is 3. The molecule has 0 radical (unpaired) electrons. The van der Waals surface area contributed by atoms with Crippen molar-refractivity contribution in [3.05, 3.63) is 93.9 Å². The molecule has 4 heterocycles. The predicted molar refractivity (Wildman–Crippen MR) is 207 cm³/mol. The lowest BCUT2D eigenvalue weighted by atomic mass is 10.1. The van der Waals surface area contributed by atoms with Crippen LogP contribution in [-0.4, -0.2) is 102 Å². The van der Waals surface area contributed by atoms with E-state index in [1.54, 1.807) is 35.6 Å². The van der Waals surface area contributed by atoms with Gasteiger partial charge in [0.1, 0.15) is 11.3 Å². The minimum Gasteiger partial charge on any atom is -0.382 e. The monoisotopic (exact) mass is 757 g/mol. The standard InChI is InChI=1S/C38H47N9O6S/c1-26-42-36(40)35-37(43-26)47(38(49)44-35)25-29-4-6-31-33(22-29)54-32-21-28(3-5-30(32)45(31)2)24-46(23-27-7-11-41-12-8-27)34(48)9-13-50-15-17-52-19-20-53-18-16-51-14-10-39/h3-8,11-12,21-22H,9-10,13-20,23-25,39H2,1-2H3,(H,44,49)(H2,40,42,43). The van der Waals surface area contributed by atoms with Gasteiger partial charge in [-0.3, -0.25) is 14.3 Å². The molecule has 16 heteroatoms. The lowest BCUT2D eigenvalue weighted by Gasteiger charge is -2.31. The van der Waals surface area contributed by atoms with E-state index in [2.05, 4.69) is 55.2 Å². The maximum atomic E-state index is 13.6. The SMILES string of the molecule is Cc1nc(N)c2[nH]c(=O)n(Cc3ccc4c(c3)Sc3cc(CN(Cc5ccncc5)C(=O)CCOCCOCCOCCOCCN)ccc3N4C)c2n1. The van der Waals surface area contributed by atoms with Crippen molar-refractivity contribution in [2.45, 2.75) is 42.8 Å². The minimum atomic E-state index is -0.293. The van der Waals surface area contributed by atoms with E-state index in [-0.39, 0.29) is 23.8 Å². The van der Waals surface area contributed by atoms with Gasteiger partial charge in [-0.1, -0.05) is 23.9 Å². The molecule has 0 saturated carbocycles. The number of nitrogens with one attached hydrogen (secondary N) is 1. The zero-order valence-electron chi connectivity index (χ0n) is 30.7. The molecule has 1 amide bonds.